The first-order valence-electron chi connectivity index (χ1n) is 6.72. The van der Waals surface area contributed by atoms with Crippen LogP contribution in [0.15, 0.2) is 18.2 Å². The minimum Gasteiger partial charge on any atom is -0.480 e. The summed E-state index contributed by atoms with van der Waals surface area (Å²) in [5.41, 5.74) is -1.71. The molecule has 1 unspecified atom stereocenters. The Labute approximate surface area is 127 Å². The van der Waals surface area contributed by atoms with Crippen LogP contribution < -0.4 is 0 Å². The second-order valence-electron chi connectivity index (χ2n) is 4.75. The van der Waals surface area contributed by atoms with Gasteiger partial charge in [0.2, 0.25) is 0 Å². The van der Waals surface area contributed by atoms with E-state index in [1.54, 1.807) is 13.8 Å². The van der Waals surface area contributed by atoms with E-state index in [0.717, 1.165) is 0 Å². The quantitative estimate of drug-likeness (QED) is 0.618. The molecule has 0 radical (unpaired) electrons. The number of hydrogen-bond acceptors (Lipinski definition) is 3. The number of rotatable bonds is 7. The van der Waals surface area contributed by atoms with E-state index in [9.17, 15) is 19.1 Å². The maximum Gasteiger partial charge on any atom is 0.323 e. The van der Waals surface area contributed by atoms with Gasteiger partial charge >= 0.3 is 11.9 Å². The maximum atomic E-state index is 14.0. The zero-order valence-corrected chi connectivity index (χ0v) is 12.7. The van der Waals surface area contributed by atoms with Gasteiger partial charge < -0.3 is 9.84 Å². The molecule has 0 saturated heterocycles. The highest BCUT2D eigenvalue weighted by Crippen LogP contribution is 2.33. The normalized spacial score (nSPS) is 13.5. The summed E-state index contributed by atoms with van der Waals surface area (Å²) >= 11 is 5.70. The highest BCUT2D eigenvalue weighted by Gasteiger charge is 2.47. The van der Waals surface area contributed by atoms with E-state index in [0.29, 0.717) is 6.42 Å². The van der Waals surface area contributed by atoms with Crippen molar-refractivity contribution >= 4 is 23.5 Å². The Balaban J connectivity index is 3.26. The minimum absolute atomic E-state index is 0.0626. The second kappa shape index (κ2) is 7.41. The molecule has 116 valence electrons. The smallest absolute Gasteiger partial charge is 0.323 e. The molecule has 0 spiro atoms. The monoisotopic (exact) mass is 316 g/mol. The van der Waals surface area contributed by atoms with Gasteiger partial charge in [0.15, 0.2) is 5.41 Å². The number of hydrogen-bond donors (Lipinski definition) is 1. The van der Waals surface area contributed by atoms with E-state index in [-0.39, 0.29) is 30.0 Å². The van der Waals surface area contributed by atoms with E-state index in [1.165, 1.54) is 18.2 Å². The summed E-state index contributed by atoms with van der Waals surface area (Å²) in [6.45, 7) is 3.41. The Morgan fingerprint density at radius 2 is 2.05 bits per heavy atom. The van der Waals surface area contributed by atoms with Crippen LogP contribution in [0.4, 0.5) is 4.39 Å². The van der Waals surface area contributed by atoms with Gasteiger partial charge in [0.05, 0.1) is 11.6 Å². The van der Waals surface area contributed by atoms with Crippen molar-refractivity contribution < 1.29 is 23.8 Å². The average Bonchev–Trinajstić information content (AvgIpc) is 2.43. The van der Waals surface area contributed by atoms with E-state index in [4.69, 9.17) is 16.3 Å². The maximum absolute atomic E-state index is 14.0. The fourth-order valence-electron chi connectivity index (χ4n) is 2.24. The SMILES string of the molecule is CCCC(Cc1cccc(Cl)c1F)(C(=O)O)C(=O)OCC. The molecule has 0 heterocycles. The second-order valence-corrected chi connectivity index (χ2v) is 5.15. The minimum atomic E-state index is -1.80. The summed E-state index contributed by atoms with van der Waals surface area (Å²) in [6.07, 6.45) is 0.224. The van der Waals surface area contributed by atoms with E-state index < -0.39 is 23.2 Å². The van der Waals surface area contributed by atoms with Crippen LogP contribution in [0.2, 0.25) is 5.02 Å². The number of carbonyl (C=O) groups is 2. The molecule has 0 bridgehead atoms. The molecule has 6 heteroatoms. The number of halogens is 2. The van der Waals surface area contributed by atoms with Crippen LogP contribution in [0.1, 0.15) is 32.3 Å². The molecule has 0 aliphatic carbocycles. The largest absolute Gasteiger partial charge is 0.480 e. The fraction of sp³-hybridized carbons (Fsp3) is 0.467. The molecule has 0 aromatic heterocycles. The molecule has 1 aromatic carbocycles. The summed E-state index contributed by atoms with van der Waals surface area (Å²) < 4.78 is 18.9. The molecule has 1 N–H and O–H groups in total. The lowest BCUT2D eigenvalue weighted by Crippen LogP contribution is -2.43. The van der Waals surface area contributed by atoms with Crippen LogP contribution in [-0.2, 0) is 20.7 Å². The number of carboxylic acid groups (broad SMARTS) is 1. The fourth-order valence-corrected chi connectivity index (χ4v) is 2.43. The van der Waals surface area contributed by atoms with E-state index in [2.05, 4.69) is 0 Å². The lowest BCUT2D eigenvalue weighted by atomic mass is 9.77. The van der Waals surface area contributed by atoms with Gasteiger partial charge in [-0.1, -0.05) is 37.1 Å². The van der Waals surface area contributed by atoms with Crippen molar-refractivity contribution in [3.05, 3.63) is 34.6 Å². The Kier molecular flexibility index (Phi) is 6.15. The van der Waals surface area contributed by atoms with Gasteiger partial charge in [-0.25, -0.2) is 4.39 Å². The molecule has 0 amide bonds. The molecule has 0 aliphatic rings. The Hall–Kier alpha value is -1.62. The summed E-state index contributed by atoms with van der Waals surface area (Å²) in [7, 11) is 0. The number of benzene rings is 1. The molecule has 21 heavy (non-hydrogen) atoms. The first-order valence-corrected chi connectivity index (χ1v) is 7.10. The van der Waals surface area contributed by atoms with Crippen molar-refractivity contribution in [3.8, 4) is 0 Å². The Bertz CT molecular complexity index is 532. The van der Waals surface area contributed by atoms with Crippen LogP contribution in [0.25, 0.3) is 0 Å². The lowest BCUT2D eigenvalue weighted by Gasteiger charge is -2.27. The van der Waals surface area contributed by atoms with Crippen LogP contribution >= 0.6 is 11.6 Å². The standard InChI is InChI=1S/C15H18ClFO4/c1-3-8-15(13(18)19,14(20)21-4-2)9-10-6-5-7-11(16)12(10)17/h5-7H,3-4,8-9H2,1-2H3,(H,18,19). The molecular formula is C15H18ClFO4. The molecule has 1 rings (SSSR count). The van der Waals surface area contributed by atoms with Crippen molar-refractivity contribution in [2.75, 3.05) is 6.61 Å². The zero-order valence-electron chi connectivity index (χ0n) is 12.0. The van der Waals surface area contributed by atoms with Gasteiger partial charge in [-0.3, -0.25) is 9.59 Å². The Morgan fingerprint density at radius 1 is 1.38 bits per heavy atom. The summed E-state index contributed by atoms with van der Waals surface area (Å²) in [6, 6.07) is 4.31. The van der Waals surface area contributed by atoms with Gasteiger partial charge in [-0.05, 0) is 25.0 Å². The van der Waals surface area contributed by atoms with Crippen LogP contribution in [0, 0.1) is 11.2 Å². The molecular weight excluding hydrogens is 299 g/mol. The van der Waals surface area contributed by atoms with Crippen LogP contribution in [0.3, 0.4) is 0 Å². The topological polar surface area (TPSA) is 63.6 Å². The van der Waals surface area contributed by atoms with Gasteiger partial charge in [0.25, 0.3) is 0 Å². The first-order chi connectivity index (χ1) is 9.89. The first kappa shape index (κ1) is 17.4. The lowest BCUT2D eigenvalue weighted by molar-refractivity contribution is -0.169. The molecule has 0 saturated carbocycles. The number of ether oxygens (including phenoxy) is 1. The molecule has 0 fully saturated rings. The number of carbonyl (C=O) groups excluding carboxylic acids is 1. The molecule has 0 aliphatic heterocycles. The third-order valence-electron chi connectivity index (χ3n) is 3.28. The highest BCUT2D eigenvalue weighted by atomic mass is 35.5. The molecule has 1 aromatic rings. The van der Waals surface area contributed by atoms with Gasteiger partial charge in [0, 0.05) is 6.42 Å². The van der Waals surface area contributed by atoms with Gasteiger partial charge in [-0.15, -0.1) is 0 Å². The third kappa shape index (κ3) is 3.73. The number of aliphatic carboxylic acids is 1. The number of carboxylic acids is 1. The van der Waals surface area contributed by atoms with E-state index in [1.807, 2.05) is 0 Å². The van der Waals surface area contributed by atoms with Crippen molar-refractivity contribution in [2.45, 2.75) is 33.1 Å². The predicted molar refractivity (Wildman–Crippen MR) is 76.7 cm³/mol. The van der Waals surface area contributed by atoms with E-state index >= 15 is 0 Å². The predicted octanol–water partition coefficient (Wildman–Crippen LogP) is 3.46. The summed E-state index contributed by atoms with van der Waals surface area (Å²) in [5.74, 6) is -2.87. The third-order valence-corrected chi connectivity index (χ3v) is 3.57. The summed E-state index contributed by atoms with van der Waals surface area (Å²) in [5, 5.41) is 9.41. The number of esters is 1. The molecule has 4 nitrogen and oxygen atoms in total. The Morgan fingerprint density at radius 3 is 2.57 bits per heavy atom. The zero-order chi connectivity index (χ0) is 16.0. The van der Waals surface area contributed by atoms with Crippen molar-refractivity contribution in [2.24, 2.45) is 5.41 Å². The van der Waals surface area contributed by atoms with Crippen LogP contribution in [-0.4, -0.2) is 23.7 Å². The van der Waals surface area contributed by atoms with Crippen molar-refractivity contribution in [1.82, 2.24) is 0 Å². The van der Waals surface area contributed by atoms with Crippen LogP contribution in [0.5, 0.6) is 0 Å². The van der Waals surface area contributed by atoms with Crippen molar-refractivity contribution in [1.29, 1.82) is 0 Å². The average molecular weight is 317 g/mol. The van der Waals surface area contributed by atoms with Gasteiger partial charge in [-0.2, -0.15) is 0 Å². The summed E-state index contributed by atoms with van der Waals surface area (Å²) in [4.78, 5) is 23.8. The molecule has 1 atom stereocenters. The van der Waals surface area contributed by atoms with Gasteiger partial charge in [0.1, 0.15) is 5.82 Å². The van der Waals surface area contributed by atoms with Crippen molar-refractivity contribution in [3.63, 3.8) is 0 Å². The highest BCUT2D eigenvalue weighted by molar-refractivity contribution is 6.30.